The molecule has 2 aromatic carbocycles. The van der Waals surface area contributed by atoms with Crippen LogP contribution < -0.4 is 20.9 Å². The topological polar surface area (TPSA) is 73.5 Å². The highest BCUT2D eigenvalue weighted by Crippen LogP contribution is 2.31. The Morgan fingerprint density at radius 3 is 2.65 bits per heavy atom. The van der Waals surface area contributed by atoms with Crippen LogP contribution in [0.25, 0.3) is 0 Å². The van der Waals surface area contributed by atoms with Crippen molar-refractivity contribution in [3.8, 4) is 0 Å². The summed E-state index contributed by atoms with van der Waals surface area (Å²) < 4.78 is 0. The minimum absolute atomic E-state index is 0.000326. The van der Waals surface area contributed by atoms with Gasteiger partial charge in [-0.25, -0.2) is 0 Å². The summed E-state index contributed by atoms with van der Waals surface area (Å²) in [6.45, 7) is 10.7. The number of carbonyl (C=O) groups excluding carboxylic acids is 2. The number of carbonyl (C=O) groups is 2. The standard InChI is InChI=1S/C28H38N4O2/c1-19-8-11-22(12-9-19)32-15-14-29-27(34)25(32)17-26(33)31-24-7-5-6-21-16-20(10-13-23(21)24)18-30-28(2,3)4/h8-13,16,24-25,30H,5-7,14-15,17-18H2,1-4H3,(H,29,34)(H,31,33)/t24-,25?/m1/s1. The number of nitrogens with one attached hydrogen (secondary N) is 3. The van der Waals surface area contributed by atoms with Crippen LogP contribution in [0.15, 0.2) is 42.5 Å². The van der Waals surface area contributed by atoms with Gasteiger partial charge in [-0.05, 0) is 75.8 Å². The molecule has 3 N–H and O–H groups in total. The Kier molecular flexibility index (Phi) is 7.27. The summed E-state index contributed by atoms with van der Waals surface area (Å²) in [4.78, 5) is 27.9. The number of anilines is 1. The maximum atomic E-state index is 13.1. The summed E-state index contributed by atoms with van der Waals surface area (Å²) >= 11 is 0. The maximum absolute atomic E-state index is 13.1. The summed E-state index contributed by atoms with van der Waals surface area (Å²) in [5.74, 6) is -0.155. The molecule has 0 aromatic heterocycles. The van der Waals surface area contributed by atoms with E-state index in [4.69, 9.17) is 0 Å². The molecule has 2 aromatic rings. The third kappa shape index (κ3) is 5.98. The highest BCUT2D eigenvalue weighted by Gasteiger charge is 2.33. The van der Waals surface area contributed by atoms with Crippen LogP contribution in [0.4, 0.5) is 5.69 Å². The smallest absolute Gasteiger partial charge is 0.243 e. The summed E-state index contributed by atoms with van der Waals surface area (Å²) in [7, 11) is 0. The second-order valence-electron chi connectivity index (χ2n) is 10.7. The molecule has 34 heavy (non-hydrogen) atoms. The molecule has 0 spiro atoms. The quantitative estimate of drug-likeness (QED) is 0.611. The van der Waals surface area contributed by atoms with Crippen molar-refractivity contribution in [1.82, 2.24) is 16.0 Å². The Morgan fingerprint density at radius 2 is 1.91 bits per heavy atom. The van der Waals surface area contributed by atoms with Gasteiger partial charge >= 0.3 is 0 Å². The average Bonchev–Trinajstić information content (AvgIpc) is 2.79. The van der Waals surface area contributed by atoms with Gasteiger partial charge in [-0.1, -0.05) is 35.9 Å². The molecule has 1 unspecified atom stereocenters. The number of hydrogen-bond acceptors (Lipinski definition) is 4. The molecule has 0 radical (unpaired) electrons. The van der Waals surface area contributed by atoms with Gasteiger partial charge < -0.3 is 20.9 Å². The lowest BCUT2D eigenvalue weighted by molar-refractivity contribution is -0.128. The first-order valence-corrected chi connectivity index (χ1v) is 12.5. The third-order valence-electron chi connectivity index (χ3n) is 6.75. The molecule has 2 atom stereocenters. The Morgan fingerprint density at radius 1 is 1.15 bits per heavy atom. The second-order valence-corrected chi connectivity index (χ2v) is 10.7. The first-order valence-electron chi connectivity index (χ1n) is 12.5. The van der Waals surface area contributed by atoms with Crippen LogP contribution in [0.3, 0.4) is 0 Å². The highest BCUT2D eigenvalue weighted by atomic mass is 16.2. The Balaban J connectivity index is 1.43. The molecule has 4 rings (SSSR count). The normalized spacial score (nSPS) is 20.5. The van der Waals surface area contributed by atoms with Gasteiger partial charge in [-0.15, -0.1) is 0 Å². The molecule has 2 amide bonds. The van der Waals surface area contributed by atoms with Gasteiger partial charge in [0, 0.05) is 30.9 Å². The van der Waals surface area contributed by atoms with E-state index in [1.165, 1.54) is 22.3 Å². The number of amides is 2. The third-order valence-corrected chi connectivity index (χ3v) is 6.75. The van der Waals surface area contributed by atoms with Crippen LogP contribution in [0.5, 0.6) is 0 Å². The van der Waals surface area contributed by atoms with Crippen molar-refractivity contribution in [1.29, 1.82) is 0 Å². The van der Waals surface area contributed by atoms with Crippen molar-refractivity contribution in [3.63, 3.8) is 0 Å². The average molecular weight is 463 g/mol. The molecule has 1 fully saturated rings. The van der Waals surface area contributed by atoms with E-state index in [9.17, 15) is 9.59 Å². The fourth-order valence-corrected chi connectivity index (χ4v) is 4.89. The SMILES string of the molecule is Cc1ccc(N2CCNC(=O)C2CC(=O)N[C@@H]2CCCc3cc(CNC(C)(C)C)ccc32)cc1. The summed E-state index contributed by atoms with van der Waals surface area (Å²) in [6, 6.07) is 14.3. The van der Waals surface area contributed by atoms with Gasteiger partial charge in [0.05, 0.1) is 12.5 Å². The van der Waals surface area contributed by atoms with Crippen LogP contribution in [0.2, 0.25) is 0 Å². The number of fused-ring (bicyclic) bond motifs is 1. The van der Waals surface area contributed by atoms with E-state index in [1.807, 2.05) is 31.2 Å². The minimum Gasteiger partial charge on any atom is -0.357 e. The van der Waals surface area contributed by atoms with Crippen LogP contribution >= 0.6 is 0 Å². The van der Waals surface area contributed by atoms with E-state index in [0.717, 1.165) is 31.5 Å². The fraction of sp³-hybridized carbons (Fsp3) is 0.500. The predicted molar refractivity (Wildman–Crippen MR) is 137 cm³/mol. The van der Waals surface area contributed by atoms with Crippen LogP contribution in [-0.4, -0.2) is 36.5 Å². The monoisotopic (exact) mass is 462 g/mol. The van der Waals surface area contributed by atoms with Crippen LogP contribution in [0.1, 0.15) is 68.3 Å². The van der Waals surface area contributed by atoms with Crippen molar-refractivity contribution < 1.29 is 9.59 Å². The molecule has 0 bridgehead atoms. The van der Waals surface area contributed by atoms with E-state index in [0.29, 0.717) is 13.1 Å². The van der Waals surface area contributed by atoms with Crippen molar-refractivity contribution in [2.75, 3.05) is 18.0 Å². The summed E-state index contributed by atoms with van der Waals surface area (Å²) in [5, 5.41) is 9.71. The molecule has 182 valence electrons. The Labute approximate surface area is 203 Å². The highest BCUT2D eigenvalue weighted by molar-refractivity contribution is 5.92. The summed E-state index contributed by atoms with van der Waals surface area (Å²) in [6.07, 6.45) is 3.17. The van der Waals surface area contributed by atoms with Crippen molar-refractivity contribution in [3.05, 3.63) is 64.7 Å². The number of aryl methyl sites for hydroxylation is 2. The molecule has 1 heterocycles. The predicted octanol–water partition coefficient (Wildman–Crippen LogP) is 3.77. The fourth-order valence-electron chi connectivity index (χ4n) is 4.89. The van der Waals surface area contributed by atoms with E-state index in [2.05, 4.69) is 59.8 Å². The zero-order valence-electron chi connectivity index (χ0n) is 20.9. The van der Waals surface area contributed by atoms with Crippen LogP contribution in [-0.2, 0) is 22.6 Å². The van der Waals surface area contributed by atoms with Gasteiger partial charge in [0.1, 0.15) is 6.04 Å². The molecule has 1 aliphatic carbocycles. The zero-order valence-corrected chi connectivity index (χ0v) is 20.9. The Hall–Kier alpha value is -2.86. The van der Waals surface area contributed by atoms with Gasteiger partial charge in [0.25, 0.3) is 0 Å². The van der Waals surface area contributed by atoms with Gasteiger partial charge in [-0.3, -0.25) is 9.59 Å². The van der Waals surface area contributed by atoms with E-state index in [-0.39, 0.29) is 29.8 Å². The minimum atomic E-state index is -0.495. The van der Waals surface area contributed by atoms with E-state index in [1.54, 1.807) is 0 Å². The summed E-state index contributed by atoms with van der Waals surface area (Å²) in [5.41, 5.74) is 6.03. The van der Waals surface area contributed by atoms with Gasteiger partial charge in [-0.2, -0.15) is 0 Å². The lowest BCUT2D eigenvalue weighted by Gasteiger charge is -2.37. The number of hydrogen-bond donors (Lipinski definition) is 3. The van der Waals surface area contributed by atoms with Crippen molar-refractivity contribution in [2.24, 2.45) is 0 Å². The Bertz CT molecular complexity index is 1030. The maximum Gasteiger partial charge on any atom is 0.243 e. The first-order chi connectivity index (χ1) is 16.2. The second kappa shape index (κ2) is 10.2. The van der Waals surface area contributed by atoms with Crippen LogP contribution in [0, 0.1) is 6.92 Å². The molecule has 0 saturated carbocycles. The van der Waals surface area contributed by atoms with E-state index < -0.39 is 6.04 Å². The largest absolute Gasteiger partial charge is 0.357 e. The molecular formula is C28H38N4O2. The zero-order chi connectivity index (χ0) is 24.3. The number of nitrogens with zero attached hydrogens (tertiary/aromatic N) is 1. The molecule has 6 heteroatoms. The van der Waals surface area contributed by atoms with Crippen molar-refractivity contribution in [2.45, 2.75) is 77.5 Å². The van der Waals surface area contributed by atoms with E-state index >= 15 is 0 Å². The lowest BCUT2D eigenvalue weighted by atomic mass is 9.86. The molecular weight excluding hydrogens is 424 g/mol. The number of piperazine rings is 1. The van der Waals surface area contributed by atoms with Gasteiger partial charge in [0.15, 0.2) is 0 Å². The van der Waals surface area contributed by atoms with Crippen molar-refractivity contribution >= 4 is 17.5 Å². The molecule has 1 aliphatic heterocycles. The van der Waals surface area contributed by atoms with Gasteiger partial charge in [0.2, 0.25) is 11.8 Å². The molecule has 6 nitrogen and oxygen atoms in total. The lowest BCUT2D eigenvalue weighted by Crippen LogP contribution is -2.57. The molecule has 2 aliphatic rings. The first kappa shape index (κ1) is 24.3. The molecule has 1 saturated heterocycles. The number of benzene rings is 2. The number of rotatable bonds is 6.